The normalized spacial score (nSPS) is 26.5. The minimum Gasteiger partial charge on any atom is -0.462 e. The lowest BCUT2D eigenvalue weighted by molar-refractivity contribution is -0.158. The lowest BCUT2D eigenvalue weighted by Crippen LogP contribution is -2.31. The van der Waals surface area contributed by atoms with E-state index in [1.54, 1.807) is 0 Å². The van der Waals surface area contributed by atoms with E-state index < -0.39 is 0 Å². The number of ether oxygens (including phenoxy) is 2. The summed E-state index contributed by atoms with van der Waals surface area (Å²) in [4.78, 5) is 12.7. The van der Waals surface area contributed by atoms with Crippen LogP contribution < -0.4 is 0 Å². The first-order valence-corrected chi connectivity index (χ1v) is 13.1. The Bertz CT molecular complexity index is 844. The Morgan fingerprint density at radius 1 is 0.848 bits per heavy atom. The molecule has 0 aliphatic heterocycles. The van der Waals surface area contributed by atoms with Crippen LogP contribution in [0.1, 0.15) is 93.7 Å². The second kappa shape index (κ2) is 11.8. The largest absolute Gasteiger partial charge is 0.462 e. The maximum Gasteiger partial charge on any atom is 0.309 e. The minimum atomic E-state index is 0.0403. The number of hydrogen-bond acceptors (Lipinski definition) is 3. The summed E-state index contributed by atoms with van der Waals surface area (Å²) < 4.78 is 11.6. The quantitative estimate of drug-likeness (QED) is 0.401. The van der Waals surface area contributed by atoms with Gasteiger partial charge in [0.05, 0.1) is 12.0 Å². The molecule has 2 aliphatic carbocycles. The van der Waals surface area contributed by atoms with Gasteiger partial charge in [-0.05, 0) is 93.2 Å². The Balaban J connectivity index is 1.21. The number of rotatable bonds is 8. The van der Waals surface area contributed by atoms with Crippen LogP contribution in [0.3, 0.4) is 0 Å². The Morgan fingerprint density at radius 2 is 1.48 bits per heavy atom. The summed E-state index contributed by atoms with van der Waals surface area (Å²) in [7, 11) is 0. The zero-order valence-electron chi connectivity index (χ0n) is 20.4. The van der Waals surface area contributed by atoms with Crippen molar-refractivity contribution in [1.29, 1.82) is 0 Å². The van der Waals surface area contributed by atoms with E-state index in [-0.39, 0.29) is 18.0 Å². The van der Waals surface area contributed by atoms with Gasteiger partial charge in [-0.2, -0.15) is 0 Å². The molecule has 0 N–H and O–H groups in total. The summed E-state index contributed by atoms with van der Waals surface area (Å²) >= 11 is 0. The molecule has 2 fully saturated rings. The topological polar surface area (TPSA) is 35.5 Å². The minimum absolute atomic E-state index is 0.0403. The number of esters is 1. The molecule has 0 saturated heterocycles. The summed E-state index contributed by atoms with van der Waals surface area (Å²) in [5.41, 5.74) is 4.22. The molecule has 0 spiro atoms. The molecule has 178 valence electrons. The lowest BCUT2D eigenvalue weighted by atomic mass is 9.78. The van der Waals surface area contributed by atoms with Crippen molar-refractivity contribution in [2.45, 2.75) is 95.7 Å². The Labute approximate surface area is 199 Å². The smallest absolute Gasteiger partial charge is 0.309 e. The molecule has 1 atom stereocenters. The third-order valence-corrected chi connectivity index (χ3v) is 7.73. The van der Waals surface area contributed by atoms with Crippen molar-refractivity contribution in [3.05, 3.63) is 71.3 Å². The second-order valence-electron chi connectivity index (χ2n) is 10.1. The monoisotopic (exact) mass is 448 g/mol. The van der Waals surface area contributed by atoms with Crippen LogP contribution in [0.4, 0.5) is 0 Å². The van der Waals surface area contributed by atoms with Crippen LogP contribution >= 0.6 is 0 Å². The van der Waals surface area contributed by atoms with E-state index >= 15 is 0 Å². The molecule has 3 nitrogen and oxygen atoms in total. The molecule has 2 aromatic rings. The van der Waals surface area contributed by atoms with Crippen LogP contribution in [0, 0.1) is 5.92 Å². The summed E-state index contributed by atoms with van der Waals surface area (Å²) in [6, 6.07) is 20.0. The van der Waals surface area contributed by atoms with Gasteiger partial charge in [-0.15, -0.1) is 0 Å². The summed E-state index contributed by atoms with van der Waals surface area (Å²) in [5, 5.41) is 0. The van der Waals surface area contributed by atoms with Crippen molar-refractivity contribution in [3.63, 3.8) is 0 Å². The van der Waals surface area contributed by atoms with Crippen LogP contribution in [0.15, 0.2) is 54.6 Å². The van der Waals surface area contributed by atoms with Crippen molar-refractivity contribution in [3.8, 4) is 0 Å². The van der Waals surface area contributed by atoms with E-state index in [9.17, 15) is 4.79 Å². The molecule has 2 aromatic carbocycles. The summed E-state index contributed by atoms with van der Waals surface area (Å²) in [5.74, 6) is 1.21. The molecule has 0 aromatic heterocycles. The SMILES string of the molecule is CCOC1CCC(OC(=O)C2CCC(c3ccc(C[C@H](C)c4ccccc4)cc3)CC2)CC1. The molecule has 0 unspecified atom stereocenters. The fraction of sp³-hybridized carbons (Fsp3) is 0.567. The van der Waals surface area contributed by atoms with Gasteiger partial charge in [0.15, 0.2) is 0 Å². The van der Waals surface area contributed by atoms with Gasteiger partial charge in [0, 0.05) is 6.61 Å². The molecule has 0 heterocycles. The van der Waals surface area contributed by atoms with E-state index in [4.69, 9.17) is 9.47 Å². The van der Waals surface area contributed by atoms with Gasteiger partial charge in [-0.3, -0.25) is 4.79 Å². The van der Waals surface area contributed by atoms with Gasteiger partial charge < -0.3 is 9.47 Å². The molecule has 4 rings (SSSR count). The number of benzene rings is 2. The molecule has 0 amide bonds. The number of hydrogen-bond donors (Lipinski definition) is 0. The zero-order chi connectivity index (χ0) is 23.0. The molecule has 2 saturated carbocycles. The maximum atomic E-state index is 12.7. The molecule has 3 heteroatoms. The molecule has 0 bridgehead atoms. The van der Waals surface area contributed by atoms with Crippen LogP contribution in [-0.4, -0.2) is 24.8 Å². The standard InChI is InChI=1S/C30H40O3/c1-3-32-28-17-19-29(20-18-28)33-30(31)27-15-13-26(14-16-27)25-11-9-23(10-12-25)21-22(2)24-7-5-4-6-8-24/h4-12,22,26-29H,3,13-21H2,1-2H3/t22-,26?,27?,28?,29?/m0/s1. The van der Waals surface area contributed by atoms with Crippen molar-refractivity contribution in [2.24, 2.45) is 5.92 Å². The van der Waals surface area contributed by atoms with Crippen LogP contribution in [-0.2, 0) is 20.7 Å². The third-order valence-electron chi connectivity index (χ3n) is 7.73. The zero-order valence-corrected chi connectivity index (χ0v) is 20.4. The van der Waals surface area contributed by atoms with E-state index in [1.807, 2.05) is 6.92 Å². The van der Waals surface area contributed by atoms with E-state index in [2.05, 4.69) is 61.5 Å². The van der Waals surface area contributed by atoms with Crippen LogP contribution in [0.5, 0.6) is 0 Å². The van der Waals surface area contributed by atoms with Crippen LogP contribution in [0.2, 0.25) is 0 Å². The first-order chi connectivity index (χ1) is 16.1. The fourth-order valence-electron chi connectivity index (χ4n) is 5.65. The molecule has 33 heavy (non-hydrogen) atoms. The fourth-order valence-corrected chi connectivity index (χ4v) is 5.65. The van der Waals surface area contributed by atoms with Gasteiger partial charge >= 0.3 is 5.97 Å². The lowest BCUT2D eigenvalue weighted by Gasteiger charge is -2.31. The summed E-state index contributed by atoms with van der Waals surface area (Å²) in [6.45, 7) is 5.12. The first kappa shape index (κ1) is 24.0. The third kappa shape index (κ3) is 6.69. The van der Waals surface area contributed by atoms with Gasteiger partial charge in [0.1, 0.15) is 6.10 Å². The molecular weight excluding hydrogens is 408 g/mol. The molecule has 2 aliphatic rings. The predicted octanol–water partition coefficient (Wildman–Crippen LogP) is 7.20. The second-order valence-corrected chi connectivity index (χ2v) is 10.1. The average molecular weight is 449 g/mol. The van der Waals surface area contributed by atoms with Gasteiger partial charge in [0.2, 0.25) is 0 Å². The number of carbonyl (C=O) groups excluding carboxylic acids is 1. The molecule has 0 radical (unpaired) electrons. The van der Waals surface area contributed by atoms with Crippen molar-refractivity contribution in [2.75, 3.05) is 6.61 Å². The Kier molecular flexibility index (Phi) is 8.61. The van der Waals surface area contributed by atoms with Gasteiger partial charge in [0.25, 0.3) is 0 Å². The highest BCUT2D eigenvalue weighted by molar-refractivity contribution is 5.72. The first-order valence-electron chi connectivity index (χ1n) is 13.1. The maximum absolute atomic E-state index is 12.7. The van der Waals surface area contributed by atoms with Gasteiger partial charge in [-0.1, -0.05) is 61.5 Å². The van der Waals surface area contributed by atoms with E-state index in [0.717, 1.165) is 64.4 Å². The average Bonchev–Trinajstić information content (AvgIpc) is 2.86. The van der Waals surface area contributed by atoms with Crippen molar-refractivity contribution < 1.29 is 14.3 Å². The van der Waals surface area contributed by atoms with E-state index in [1.165, 1.54) is 16.7 Å². The predicted molar refractivity (Wildman–Crippen MR) is 133 cm³/mol. The Morgan fingerprint density at radius 3 is 2.12 bits per heavy atom. The molecular formula is C30H40O3. The van der Waals surface area contributed by atoms with Gasteiger partial charge in [-0.25, -0.2) is 0 Å². The summed E-state index contributed by atoms with van der Waals surface area (Å²) in [6.07, 6.45) is 9.49. The van der Waals surface area contributed by atoms with Crippen molar-refractivity contribution >= 4 is 5.97 Å². The highest BCUT2D eigenvalue weighted by Gasteiger charge is 2.31. The highest BCUT2D eigenvalue weighted by Crippen LogP contribution is 2.37. The van der Waals surface area contributed by atoms with Crippen molar-refractivity contribution in [1.82, 2.24) is 0 Å². The van der Waals surface area contributed by atoms with E-state index in [0.29, 0.717) is 17.9 Å². The van der Waals surface area contributed by atoms with Crippen LogP contribution in [0.25, 0.3) is 0 Å². The number of carbonyl (C=O) groups is 1. The highest BCUT2D eigenvalue weighted by atomic mass is 16.5. The Hall–Kier alpha value is -2.13.